The molecule has 1 aliphatic rings. The van der Waals surface area contributed by atoms with Crippen molar-refractivity contribution in [2.45, 2.75) is 136 Å². The SMILES string of the molecule is CCCCCCCC/C=C\c1c[n+]2c(c(/C=C\CCCCCCCC)c1C)CCC2.O=C([O-])C(F)(F)F. The quantitative estimate of drug-likeness (QED) is 0.162. The molecule has 210 valence electrons. The molecular weight excluding hydrogens is 475 g/mol. The molecule has 0 spiro atoms. The van der Waals surface area contributed by atoms with Gasteiger partial charge in [-0.3, -0.25) is 0 Å². The molecule has 0 saturated heterocycles. The molecule has 0 bridgehead atoms. The first-order valence-corrected chi connectivity index (χ1v) is 14.4. The van der Waals surface area contributed by atoms with Crippen LogP contribution < -0.4 is 9.67 Å². The van der Waals surface area contributed by atoms with E-state index in [-0.39, 0.29) is 0 Å². The highest BCUT2D eigenvalue weighted by Crippen LogP contribution is 2.23. The summed E-state index contributed by atoms with van der Waals surface area (Å²) in [5.41, 5.74) is 5.95. The maximum absolute atomic E-state index is 10.5. The molecule has 1 aromatic rings. The molecule has 0 N–H and O–H groups in total. The van der Waals surface area contributed by atoms with Crippen molar-refractivity contribution in [3.05, 3.63) is 40.7 Å². The molecule has 2 heterocycles. The number of halogens is 3. The molecule has 37 heavy (non-hydrogen) atoms. The van der Waals surface area contributed by atoms with Crippen LogP contribution in [0.25, 0.3) is 12.2 Å². The van der Waals surface area contributed by atoms with E-state index in [1.807, 2.05) is 0 Å². The number of hydrogen-bond acceptors (Lipinski definition) is 2. The van der Waals surface area contributed by atoms with Crippen molar-refractivity contribution in [1.82, 2.24) is 0 Å². The number of hydrogen-bond donors (Lipinski definition) is 0. The topological polar surface area (TPSA) is 44.0 Å². The third kappa shape index (κ3) is 13.8. The molecule has 1 aliphatic heterocycles. The Morgan fingerprint density at radius 1 is 0.892 bits per heavy atom. The zero-order valence-electron chi connectivity index (χ0n) is 23.3. The number of carboxylic acids is 1. The summed E-state index contributed by atoms with van der Waals surface area (Å²) < 4.78 is 34.1. The monoisotopic (exact) mass is 523 g/mol. The minimum atomic E-state index is -5.19. The Balaban J connectivity index is 0.000000856. The Hall–Kier alpha value is -2.11. The first kappa shape index (κ1) is 32.9. The first-order valence-electron chi connectivity index (χ1n) is 14.4. The average molecular weight is 524 g/mol. The zero-order valence-corrected chi connectivity index (χ0v) is 23.3. The minimum Gasteiger partial charge on any atom is -0.542 e. The lowest BCUT2D eigenvalue weighted by molar-refractivity contribution is -0.691. The third-order valence-corrected chi connectivity index (χ3v) is 6.86. The van der Waals surface area contributed by atoms with Gasteiger partial charge in [-0.2, -0.15) is 13.2 Å². The molecule has 0 radical (unpaired) electrons. The van der Waals surface area contributed by atoms with Crippen LogP contribution in [0.2, 0.25) is 0 Å². The summed E-state index contributed by atoms with van der Waals surface area (Å²) >= 11 is 0. The van der Waals surface area contributed by atoms with E-state index < -0.39 is 12.1 Å². The summed E-state index contributed by atoms with van der Waals surface area (Å²) in [5, 5.41) is 8.78. The van der Waals surface area contributed by atoms with Crippen LogP contribution >= 0.6 is 0 Å². The van der Waals surface area contributed by atoms with Gasteiger partial charge >= 0.3 is 6.18 Å². The summed E-state index contributed by atoms with van der Waals surface area (Å²) in [7, 11) is 0. The van der Waals surface area contributed by atoms with Gasteiger partial charge in [0.15, 0.2) is 11.9 Å². The molecule has 0 atom stereocenters. The van der Waals surface area contributed by atoms with Crippen LogP contribution in [0.4, 0.5) is 13.2 Å². The van der Waals surface area contributed by atoms with Crippen molar-refractivity contribution in [2.75, 3.05) is 0 Å². The van der Waals surface area contributed by atoms with Crippen LogP contribution in [-0.4, -0.2) is 12.1 Å². The second-order valence-corrected chi connectivity index (χ2v) is 10.1. The Bertz CT molecular complexity index is 844. The highest BCUT2D eigenvalue weighted by molar-refractivity contribution is 5.70. The van der Waals surface area contributed by atoms with Crippen molar-refractivity contribution >= 4 is 18.1 Å². The molecule has 3 nitrogen and oxygen atoms in total. The van der Waals surface area contributed by atoms with Gasteiger partial charge in [0.2, 0.25) is 0 Å². The van der Waals surface area contributed by atoms with Gasteiger partial charge < -0.3 is 9.90 Å². The average Bonchev–Trinajstić information content (AvgIpc) is 3.32. The van der Waals surface area contributed by atoms with E-state index in [0.717, 1.165) is 0 Å². The van der Waals surface area contributed by atoms with E-state index in [0.29, 0.717) is 0 Å². The molecule has 0 unspecified atom stereocenters. The van der Waals surface area contributed by atoms with Gasteiger partial charge in [0.25, 0.3) is 0 Å². The number of aryl methyl sites for hydroxylation is 1. The molecular formula is C31H48F3NO2. The molecule has 0 fully saturated rings. The van der Waals surface area contributed by atoms with Gasteiger partial charge in [-0.1, -0.05) is 102 Å². The van der Waals surface area contributed by atoms with Crippen LogP contribution in [0.15, 0.2) is 18.3 Å². The van der Waals surface area contributed by atoms with Crippen LogP contribution in [-0.2, 0) is 17.8 Å². The minimum absolute atomic E-state index is 1.19. The van der Waals surface area contributed by atoms with Gasteiger partial charge in [0.1, 0.15) is 12.5 Å². The lowest BCUT2D eigenvalue weighted by Crippen LogP contribution is -2.37. The van der Waals surface area contributed by atoms with Crippen LogP contribution in [0.5, 0.6) is 0 Å². The molecule has 0 aliphatic carbocycles. The number of allylic oxidation sites excluding steroid dienone is 2. The number of carboxylic acid groups (broad SMARTS) is 1. The van der Waals surface area contributed by atoms with Gasteiger partial charge in [-0.05, 0) is 38.2 Å². The lowest BCUT2D eigenvalue weighted by Gasteiger charge is -2.07. The Labute approximate surface area is 222 Å². The number of rotatable bonds is 16. The fourth-order valence-electron chi connectivity index (χ4n) is 4.65. The van der Waals surface area contributed by atoms with Gasteiger partial charge in [-0.25, -0.2) is 4.57 Å². The van der Waals surface area contributed by atoms with Crippen LogP contribution in [0.1, 0.15) is 133 Å². The van der Waals surface area contributed by atoms with Crippen molar-refractivity contribution in [3.63, 3.8) is 0 Å². The standard InChI is InChI=1S/C29H48N.C2HF3O2/c1-4-6-8-10-12-14-16-18-21-27-25-30-24-20-23-29(30)28(26(27)3)22-19-17-15-13-11-9-7-5-2;3-2(4,5)1(6)7/h18-19,21-22,25H,4-17,20,23-24H2,1-3H3;(H,6,7)/q+1;/p-1/b21-18-,22-19-;. The number of fused-ring (bicyclic) bond motifs is 1. The number of alkyl halides is 3. The Morgan fingerprint density at radius 3 is 1.89 bits per heavy atom. The molecule has 0 saturated carbocycles. The number of carbonyl (C=O) groups excluding carboxylic acids is 1. The highest BCUT2D eigenvalue weighted by atomic mass is 19.4. The molecule has 0 amide bonds. The zero-order chi connectivity index (χ0) is 27.5. The Kier molecular flexibility index (Phi) is 16.9. The second-order valence-electron chi connectivity index (χ2n) is 10.1. The summed E-state index contributed by atoms with van der Waals surface area (Å²) in [6, 6.07) is 0. The number of pyridine rings is 1. The number of aromatic nitrogens is 1. The predicted octanol–water partition coefficient (Wildman–Crippen LogP) is 8.05. The second kappa shape index (κ2) is 19.0. The van der Waals surface area contributed by atoms with Gasteiger partial charge in [0.05, 0.1) is 0 Å². The molecule has 2 rings (SSSR count). The van der Waals surface area contributed by atoms with E-state index in [4.69, 9.17) is 9.90 Å². The normalized spacial score (nSPS) is 13.2. The van der Waals surface area contributed by atoms with E-state index >= 15 is 0 Å². The van der Waals surface area contributed by atoms with Crippen LogP contribution in [0.3, 0.4) is 0 Å². The van der Waals surface area contributed by atoms with E-state index in [2.05, 4.69) is 55.8 Å². The maximum atomic E-state index is 10.5. The largest absolute Gasteiger partial charge is 0.542 e. The molecule has 6 heteroatoms. The summed E-state index contributed by atoms with van der Waals surface area (Å²) in [6.07, 6.45) is 28.4. The number of nitrogens with zero attached hydrogens (tertiary/aromatic N) is 1. The van der Waals surface area contributed by atoms with Crippen molar-refractivity contribution in [1.29, 1.82) is 0 Å². The number of aliphatic carboxylic acids is 1. The lowest BCUT2D eigenvalue weighted by atomic mass is 9.99. The predicted molar refractivity (Wildman–Crippen MR) is 145 cm³/mol. The fraction of sp³-hybridized carbons (Fsp3) is 0.677. The van der Waals surface area contributed by atoms with Gasteiger partial charge in [-0.15, -0.1) is 0 Å². The summed E-state index contributed by atoms with van der Waals surface area (Å²) in [6.45, 7) is 8.09. The first-order chi connectivity index (χ1) is 17.7. The van der Waals surface area contributed by atoms with Crippen molar-refractivity contribution in [3.8, 4) is 0 Å². The van der Waals surface area contributed by atoms with Crippen molar-refractivity contribution < 1.29 is 27.6 Å². The molecule has 0 aromatic carbocycles. The van der Waals surface area contributed by atoms with Crippen LogP contribution in [0, 0.1) is 6.92 Å². The number of unbranched alkanes of at least 4 members (excludes halogenated alkanes) is 12. The number of carbonyl (C=O) groups is 1. The van der Waals surface area contributed by atoms with E-state index in [9.17, 15) is 13.2 Å². The molecule has 1 aromatic heterocycles. The maximum Gasteiger partial charge on any atom is 0.430 e. The smallest absolute Gasteiger partial charge is 0.430 e. The third-order valence-electron chi connectivity index (χ3n) is 6.86. The van der Waals surface area contributed by atoms with Gasteiger partial charge in [0, 0.05) is 24.0 Å². The summed E-state index contributed by atoms with van der Waals surface area (Å²) in [5.74, 6) is -3.01. The highest BCUT2D eigenvalue weighted by Gasteiger charge is 2.29. The van der Waals surface area contributed by atoms with E-state index in [1.54, 1.807) is 5.69 Å². The fourth-order valence-corrected chi connectivity index (χ4v) is 4.65. The van der Waals surface area contributed by atoms with Crippen molar-refractivity contribution in [2.24, 2.45) is 0 Å². The Morgan fingerprint density at radius 2 is 1.38 bits per heavy atom. The summed E-state index contributed by atoms with van der Waals surface area (Å²) in [4.78, 5) is 8.78. The van der Waals surface area contributed by atoms with E-state index in [1.165, 1.54) is 126 Å².